The molecule has 26 heavy (non-hydrogen) atoms. The molecule has 0 aliphatic rings. The number of nitrogens with one attached hydrogen (secondary N) is 2. The van der Waals surface area contributed by atoms with Gasteiger partial charge in [-0.15, -0.1) is 0 Å². The molecule has 0 fully saturated rings. The maximum atomic E-state index is 13.2. The van der Waals surface area contributed by atoms with Gasteiger partial charge in [-0.3, -0.25) is 4.72 Å². The second-order valence-corrected chi connectivity index (χ2v) is 9.32. The van der Waals surface area contributed by atoms with Crippen molar-refractivity contribution in [3.63, 3.8) is 0 Å². The van der Waals surface area contributed by atoms with Gasteiger partial charge in [-0.25, -0.2) is 25.9 Å². The summed E-state index contributed by atoms with van der Waals surface area (Å²) in [6.45, 7) is 2.23. The molecule has 0 saturated carbocycles. The number of benzene rings is 2. The Hall–Kier alpha value is -1.68. The highest BCUT2D eigenvalue weighted by Gasteiger charge is 2.18. The highest BCUT2D eigenvalue weighted by atomic mass is 35.5. The number of hydrogen-bond acceptors (Lipinski definition) is 4. The topological polar surface area (TPSA) is 92.3 Å². The maximum absolute atomic E-state index is 13.2. The van der Waals surface area contributed by atoms with Gasteiger partial charge in [-0.1, -0.05) is 31.0 Å². The van der Waals surface area contributed by atoms with Crippen molar-refractivity contribution in [2.24, 2.45) is 0 Å². The zero-order chi connectivity index (χ0) is 19.4. The number of unbranched alkanes of at least 4 members (excludes halogenated alkanes) is 1. The van der Waals surface area contributed by atoms with Crippen LogP contribution in [-0.2, 0) is 20.0 Å². The highest BCUT2D eigenvalue weighted by molar-refractivity contribution is 7.92. The van der Waals surface area contributed by atoms with Gasteiger partial charge in [0.05, 0.1) is 20.5 Å². The first-order valence-corrected chi connectivity index (χ1v) is 11.1. The fraction of sp³-hybridized carbons (Fsp3) is 0.250. The molecule has 0 amide bonds. The summed E-state index contributed by atoms with van der Waals surface area (Å²) >= 11 is 5.61. The monoisotopic (exact) mass is 420 g/mol. The third-order valence-electron chi connectivity index (χ3n) is 3.42. The van der Waals surface area contributed by atoms with E-state index in [0.717, 1.165) is 24.6 Å². The summed E-state index contributed by atoms with van der Waals surface area (Å²) in [6, 6.07) is 8.38. The molecule has 0 bridgehead atoms. The molecule has 0 spiro atoms. The minimum Gasteiger partial charge on any atom is -0.280 e. The Morgan fingerprint density at radius 3 is 2.35 bits per heavy atom. The second kappa shape index (κ2) is 8.34. The Morgan fingerprint density at radius 1 is 1.00 bits per heavy atom. The van der Waals surface area contributed by atoms with E-state index in [1.165, 1.54) is 24.3 Å². The highest BCUT2D eigenvalue weighted by Crippen LogP contribution is 2.23. The fourth-order valence-corrected chi connectivity index (χ4v) is 4.49. The maximum Gasteiger partial charge on any atom is 0.261 e. The summed E-state index contributed by atoms with van der Waals surface area (Å²) < 4.78 is 67.1. The molecule has 142 valence electrons. The summed E-state index contributed by atoms with van der Waals surface area (Å²) in [7, 11) is -7.80. The lowest BCUT2D eigenvalue weighted by Crippen LogP contribution is -2.24. The van der Waals surface area contributed by atoms with E-state index in [1.807, 2.05) is 6.92 Å². The SMILES string of the molecule is CCCCNS(=O)(=O)c1cccc(NS(=O)(=O)c2ccc(F)c(Cl)c2)c1. The van der Waals surface area contributed by atoms with E-state index in [9.17, 15) is 21.2 Å². The minimum absolute atomic E-state index is 0.0591. The van der Waals surface area contributed by atoms with Crippen LogP contribution in [0.4, 0.5) is 10.1 Å². The minimum atomic E-state index is -4.05. The zero-order valence-electron chi connectivity index (χ0n) is 13.9. The van der Waals surface area contributed by atoms with Crippen molar-refractivity contribution in [2.75, 3.05) is 11.3 Å². The van der Waals surface area contributed by atoms with Crippen LogP contribution in [0.2, 0.25) is 5.02 Å². The first-order valence-electron chi connectivity index (χ1n) is 7.73. The normalized spacial score (nSPS) is 12.1. The van der Waals surface area contributed by atoms with Gasteiger partial charge in [0.1, 0.15) is 5.82 Å². The summed E-state index contributed by atoms with van der Waals surface area (Å²) in [4.78, 5) is -0.302. The van der Waals surface area contributed by atoms with E-state index < -0.39 is 25.9 Å². The van der Waals surface area contributed by atoms with Gasteiger partial charge in [0.25, 0.3) is 10.0 Å². The van der Waals surface area contributed by atoms with E-state index in [2.05, 4.69) is 9.44 Å². The summed E-state index contributed by atoms with van der Waals surface area (Å²) in [6.07, 6.45) is 1.53. The molecule has 10 heteroatoms. The van der Waals surface area contributed by atoms with E-state index in [0.29, 0.717) is 13.0 Å². The first kappa shape index (κ1) is 20.6. The van der Waals surface area contributed by atoms with Crippen LogP contribution in [0.25, 0.3) is 0 Å². The van der Waals surface area contributed by atoms with Crippen molar-refractivity contribution in [1.82, 2.24) is 4.72 Å². The van der Waals surface area contributed by atoms with Gasteiger partial charge >= 0.3 is 0 Å². The summed E-state index contributed by atoms with van der Waals surface area (Å²) in [5.74, 6) is -0.739. The molecule has 2 aromatic carbocycles. The molecular weight excluding hydrogens is 403 g/mol. The van der Waals surface area contributed by atoms with Gasteiger partial charge in [-0.2, -0.15) is 0 Å². The molecule has 2 N–H and O–H groups in total. The molecule has 6 nitrogen and oxygen atoms in total. The fourth-order valence-electron chi connectivity index (χ4n) is 2.05. The molecule has 0 atom stereocenters. The van der Waals surface area contributed by atoms with Crippen LogP contribution in [0.3, 0.4) is 0 Å². The van der Waals surface area contributed by atoms with Crippen LogP contribution in [-0.4, -0.2) is 23.4 Å². The lowest BCUT2D eigenvalue weighted by atomic mass is 10.3. The molecule has 0 saturated heterocycles. The standard InChI is InChI=1S/C16H18ClFN2O4S2/c1-2-3-9-19-25(21,22)13-6-4-5-12(10-13)20-26(23,24)14-7-8-16(18)15(17)11-14/h4-8,10-11,19-20H,2-3,9H2,1H3. The number of hydrogen-bond donors (Lipinski definition) is 2. The van der Waals surface area contributed by atoms with Gasteiger partial charge in [0.15, 0.2) is 0 Å². The van der Waals surface area contributed by atoms with Gasteiger partial charge in [0, 0.05) is 6.54 Å². The van der Waals surface area contributed by atoms with E-state index in [1.54, 1.807) is 0 Å². The molecule has 0 heterocycles. The van der Waals surface area contributed by atoms with Crippen LogP contribution in [0.15, 0.2) is 52.3 Å². The average molecular weight is 421 g/mol. The quantitative estimate of drug-likeness (QED) is 0.640. The number of anilines is 1. The Labute approximate surface area is 157 Å². The van der Waals surface area contributed by atoms with Crippen LogP contribution in [0.5, 0.6) is 0 Å². The second-order valence-electron chi connectivity index (χ2n) is 5.46. The largest absolute Gasteiger partial charge is 0.280 e. The lowest BCUT2D eigenvalue weighted by Gasteiger charge is -2.11. The Balaban J connectivity index is 2.26. The third kappa shape index (κ3) is 5.16. The predicted molar refractivity (Wildman–Crippen MR) is 98.8 cm³/mol. The number of sulfonamides is 2. The Morgan fingerprint density at radius 2 is 1.69 bits per heavy atom. The molecule has 2 rings (SSSR count). The van der Waals surface area contributed by atoms with Crippen molar-refractivity contribution in [1.29, 1.82) is 0 Å². The lowest BCUT2D eigenvalue weighted by molar-refractivity contribution is 0.578. The smallest absolute Gasteiger partial charge is 0.261 e. The first-order chi connectivity index (χ1) is 12.2. The molecular formula is C16H18ClFN2O4S2. The molecule has 0 unspecified atom stereocenters. The summed E-state index contributed by atoms with van der Waals surface area (Å²) in [5.41, 5.74) is 0.0591. The Bertz CT molecular complexity index is 995. The van der Waals surface area contributed by atoms with Gasteiger partial charge < -0.3 is 0 Å². The average Bonchev–Trinajstić information content (AvgIpc) is 2.57. The molecule has 0 aromatic heterocycles. The van der Waals surface area contributed by atoms with Crippen LogP contribution >= 0.6 is 11.6 Å². The zero-order valence-corrected chi connectivity index (χ0v) is 16.3. The van der Waals surface area contributed by atoms with Crippen molar-refractivity contribution in [2.45, 2.75) is 29.6 Å². The van der Waals surface area contributed by atoms with E-state index in [4.69, 9.17) is 11.6 Å². The summed E-state index contributed by atoms with van der Waals surface area (Å²) in [5, 5.41) is -0.329. The van der Waals surface area contributed by atoms with Crippen LogP contribution in [0.1, 0.15) is 19.8 Å². The molecule has 0 aliphatic carbocycles. The third-order valence-corrected chi connectivity index (χ3v) is 6.55. The van der Waals surface area contributed by atoms with Gasteiger partial charge in [-0.05, 0) is 42.8 Å². The van der Waals surface area contributed by atoms with Crippen molar-refractivity contribution >= 4 is 37.3 Å². The van der Waals surface area contributed by atoms with Crippen molar-refractivity contribution < 1.29 is 21.2 Å². The van der Waals surface area contributed by atoms with Crippen LogP contribution < -0.4 is 9.44 Å². The van der Waals surface area contributed by atoms with E-state index >= 15 is 0 Å². The van der Waals surface area contributed by atoms with E-state index in [-0.39, 0.29) is 20.5 Å². The van der Waals surface area contributed by atoms with Gasteiger partial charge in [0.2, 0.25) is 10.0 Å². The number of rotatable bonds is 8. The Kier molecular flexibility index (Phi) is 6.62. The molecule has 2 aromatic rings. The predicted octanol–water partition coefficient (Wildman–Crippen LogP) is 3.36. The van der Waals surface area contributed by atoms with Crippen molar-refractivity contribution in [3.8, 4) is 0 Å². The number of halogens is 2. The van der Waals surface area contributed by atoms with Crippen molar-refractivity contribution in [3.05, 3.63) is 53.3 Å². The van der Waals surface area contributed by atoms with Crippen LogP contribution in [0, 0.1) is 5.82 Å². The molecule has 0 aliphatic heterocycles. The molecule has 0 radical (unpaired) electrons.